The van der Waals surface area contributed by atoms with Gasteiger partial charge in [0.25, 0.3) is 0 Å². The van der Waals surface area contributed by atoms with Crippen molar-refractivity contribution in [3.05, 3.63) is 114 Å². The molecule has 0 saturated carbocycles. The predicted octanol–water partition coefficient (Wildman–Crippen LogP) is 8.02. The van der Waals surface area contributed by atoms with Gasteiger partial charge in [0.15, 0.2) is 23.7 Å². The van der Waals surface area contributed by atoms with Crippen LogP contribution in [0.15, 0.2) is 102 Å². The Hall–Kier alpha value is -4.71. The highest BCUT2D eigenvalue weighted by Crippen LogP contribution is 2.44. The molecule has 0 bridgehead atoms. The van der Waals surface area contributed by atoms with Gasteiger partial charge in [-0.05, 0) is 46.9 Å². The quantitative estimate of drug-likeness (QED) is 0.196. The fraction of sp³-hybridized carbons (Fsp3) is 0.182. The summed E-state index contributed by atoms with van der Waals surface area (Å²) in [5.41, 5.74) is 5.60. The van der Waals surface area contributed by atoms with Crippen molar-refractivity contribution >= 4 is 0 Å². The van der Waals surface area contributed by atoms with Gasteiger partial charge in [-0.2, -0.15) is 0 Å². The zero-order chi connectivity index (χ0) is 26.6. The maximum Gasteiger partial charge on any atom is 0.231 e. The van der Waals surface area contributed by atoms with Crippen molar-refractivity contribution in [2.75, 3.05) is 6.79 Å². The number of ether oxygens (including phenoxy) is 4. The Balaban J connectivity index is 1.41. The van der Waals surface area contributed by atoms with Gasteiger partial charge in [0.1, 0.15) is 30.4 Å². The van der Waals surface area contributed by atoms with E-state index in [0.29, 0.717) is 41.9 Å². The second kappa shape index (κ2) is 11.0. The van der Waals surface area contributed by atoms with Crippen molar-refractivity contribution in [3.8, 4) is 45.6 Å². The van der Waals surface area contributed by atoms with Gasteiger partial charge in [-0.25, -0.2) is 4.98 Å². The molecule has 1 aliphatic heterocycles. The molecule has 0 unspecified atom stereocenters. The number of hydrogen-bond acceptors (Lipinski definition) is 6. The SMILES string of the molecule is CC(C)c1cc(-c2ncoc2-c2ccc3c(c2)OCO3)c(OCc2ccccc2)cc1OCc1ccccc1. The second-order valence-corrected chi connectivity index (χ2v) is 9.69. The lowest BCUT2D eigenvalue weighted by atomic mass is 9.96. The molecule has 196 valence electrons. The van der Waals surface area contributed by atoms with E-state index < -0.39 is 0 Å². The summed E-state index contributed by atoms with van der Waals surface area (Å²) >= 11 is 0. The Kier molecular flexibility index (Phi) is 6.91. The maximum atomic E-state index is 6.43. The summed E-state index contributed by atoms with van der Waals surface area (Å²) in [7, 11) is 0. The third-order valence-electron chi connectivity index (χ3n) is 6.67. The first-order valence-electron chi connectivity index (χ1n) is 13.0. The number of hydrogen-bond donors (Lipinski definition) is 0. The first-order valence-corrected chi connectivity index (χ1v) is 13.0. The molecule has 0 spiro atoms. The summed E-state index contributed by atoms with van der Waals surface area (Å²) < 4.78 is 29.8. The first kappa shape index (κ1) is 24.6. The molecule has 0 amide bonds. The van der Waals surface area contributed by atoms with Gasteiger partial charge in [-0.1, -0.05) is 74.5 Å². The predicted molar refractivity (Wildman–Crippen MR) is 149 cm³/mol. The Morgan fingerprint density at radius 2 is 1.41 bits per heavy atom. The van der Waals surface area contributed by atoms with Crippen LogP contribution in [0.25, 0.3) is 22.6 Å². The standard InChI is InChI=1S/C33H29NO5/c1-22(2)26-16-27(32-33(37-20-34-32)25-13-14-28-31(15-25)39-21-38-28)30(36-19-24-11-7-4-8-12-24)17-29(26)35-18-23-9-5-3-6-10-23/h3-17,20,22H,18-19,21H2,1-2H3. The Bertz CT molecular complexity index is 1560. The fourth-order valence-corrected chi connectivity index (χ4v) is 4.61. The molecule has 6 rings (SSSR count). The van der Waals surface area contributed by atoms with E-state index in [1.54, 1.807) is 0 Å². The summed E-state index contributed by atoms with van der Waals surface area (Å²) in [6, 6.07) is 30.1. The molecular formula is C33H29NO5. The number of nitrogens with zero attached hydrogens (tertiary/aromatic N) is 1. The van der Waals surface area contributed by atoms with Crippen molar-refractivity contribution < 1.29 is 23.4 Å². The zero-order valence-corrected chi connectivity index (χ0v) is 21.9. The normalized spacial score (nSPS) is 12.1. The van der Waals surface area contributed by atoms with E-state index in [1.807, 2.05) is 72.8 Å². The van der Waals surface area contributed by atoms with Gasteiger partial charge in [-0.3, -0.25) is 0 Å². The van der Waals surface area contributed by atoms with E-state index in [4.69, 9.17) is 23.4 Å². The van der Waals surface area contributed by atoms with Crippen molar-refractivity contribution in [2.24, 2.45) is 0 Å². The van der Waals surface area contributed by atoms with Crippen LogP contribution < -0.4 is 18.9 Å². The van der Waals surface area contributed by atoms with Crippen LogP contribution in [0.3, 0.4) is 0 Å². The van der Waals surface area contributed by atoms with Crippen molar-refractivity contribution in [2.45, 2.75) is 33.0 Å². The molecule has 6 heteroatoms. The molecule has 1 aromatic heterocycles. The van der Waals surface area contributed by atoms with E-state index >= 15 is 0 Å². The minimum Gasteiger partial charge on any atom is -0.488 e. The monoisotopic (exact) mass is 519 g/mol. The van der Waals surface area contributed by atoms with Gasteiger partial charge < -0.3 is 23.4 Å². The van der Waals surface area contributed by atoms with E-state index in [2.05, 4.69) is 37.0 Å². The number of rotatable bonds is 9. The van der Waals surface area contributed by atoms with Crippen molar-refractivity contribution in [1.29, 1.82) is 0 Å². The van der Waals surface area contributed by atoms with Crippen LogP contribution in [0.4, 0.5) is 0 Å². The topological polar surface area (TPSA) is 63.0 Å². The molecule has 0 N–H and O–H groups in total. The number of fused-ring (bicyclic) bond motifs is 1. The largest absolute Gasteiger partial charge is 0.488 e. The molecule has 0 saturated heterocycles. The Morgan fingerprint density at radius 1 is 0.744 bits per heavy atom. The molecule has 39 heavy (non-hydrogen) atoms. The maximum absolute atomic E-state index is 6.43. The summed E-state index contributed by atoms with van der Waals surface area (Å²) in [4.78, 5) is 4.64. The third kappa shape index (κ3) is 5.32. The molecule has 5 aromatic rings. The van der Waals surface area contributed by atoms with Crippen LogP contribution in [0.2, 0.25) is 0 Å². The van der Waals surface area contributed by atoms with Crippen LogP contribution in [-0.2, 0) is 13.2 Å². The smallest absolute Gasteiger partial charge is 0.231 e. The summed E-state index contributed by atoms with van der Waals surface area (Å²) in [6.45, 7) is 5.39. The molecule has 0 fully saturated rings. The lowest BCUT2D eigenvalue weighted by Gasteiger charge is -2.19. The van der Waals surface area contributed by atoms with E-state index in [0.717, 1.165) is 33.6 Å². The third-order valence-corrected chi connectivity index (χ3v) is 6.67. The molecule has 0 aliphatic carbocycles. The number of benzene rings is 4. The van der Waals surface area contributed by atoms with Gasteiger partial charge in [0.2, 0.25) is 6.79 Å². The van der Waals surface area contributed by atoms with Gasteiger partial charge >= 0.3 is 0 Å². The molecule has 1 aliphatic rings. The van der Waals surface area contributed by atoms with Crippen LogP contribution in [0.5, 0.6) is 23.0 Å². The molecule has 6 nitrogen and oxygen atoms in total. The summed E-state index contributed by atoms with van der Waals surface area (Å²) in [5, 5.41) is 0. The molecule has 0 radical (unpaired) electrons. The lowest BCUT2D eigenvalue weighted by Crippen LogP contribution is -2.04. The van der Waals surface area contributed by atoms with E-state index in [9.17, 15) is 0 Å². The number of aromatic nitrogens is 1. The number of oxazole rings is 1. The van der Waals surface area contributed by atoms with Crippen LogP contribution >= 0.6 is 0 Å². The minimum atomic E-state index is 0.207. The van der Waals surface area contributed by atoms with Crippen molar-refractivity contribution in [3.63, 3.8) is 0 Å². The van der Waals surface area contributed by atoms with Crippen molar-refractivity contribution in [1.82, 2.24) is 4.98 Å². The first-order chi connectivity index (χ1) is 19.2. The highest BCUT2D eigenvalue weighted by atomic mass is 16.7. The van der Waals surface area contributed by atoms with Gasteiger partial charge in [0, 0.05) is 17.2 Å². The average Bonchev–Trinajstić information content (AvgIpc) is 3.65. The lowest BCUT2D eigenvalue weighted by molar-refractivity contribution is 0.174. The average molecular weight is 520 g/mol. The minimum absolute atomic E-state index is 0.207. The summed E-state index contributed by atoms with van der Waals surface area (Å²) in [6.07, 6.45) is 1.46. The Morgan fingerprint density at radius 3 is 2.10 bits per heavy atom. The van der Waals surface area contributed by atoms with Crippen LogP contribution in [-0.4, -0.2) is 11.8 Å². The van der Waals surface area contributed by atoms with Gasteiger partial charge in [0.05, 0.1) is 0 Å². The van der Waals surface area contributed by atoms with Gasteiger partial charge in [-0.15, -0.1) is 0 Å². The highest BCUT2D eigenvalue weighted by Gasteiger charge is 2.23. The second-order valence-electron chi connectivity index (χ2n) is 9.69. The van der Waals surface area contributed by atoms with E-state index in [1.165, 1.54) is 6.39 Å². The van der Waals surface area contributed by atoms with E-state index in [-0.39, 0.29) is 12.7 Å². The molecular weight excluding hydrogens is 490 g/mol. The summed E-state index contributed by atoms with van der Waals surface area (Å²) in [5.74, 6) is 3.69. The fourth-order valence-electron chi connectivity index (χ4n) is 4.61. The van der Waals surface area contributed by atoms with Crippen LogP contribution in [0.1, 0.15) is 36.5 Å². The molecule has 4 aromatic carbocycles. The highest BCUT2D eigenvalue weighted by molar-refractivity contribution is 5.82. The molecule has 2 heterocycles. The van der Waals surface area contributed by atoms with Crippen LogP contribution in [0, 0.1) is 0 Å². The Labute approximate surface area is 227 Å². The molecule has 0 atom stereocenters. The zero-order valence-electron chi connectivity index (χ0n) is 21.9.